The molecule has 0 saturated carbocycles. The van der Waals surface area contributed by atoms with Gasteiger partial charge in [-0.2, -0.15) is 0 Å². The molecule has 11 nitrogen and oxygen atoms in total. The SMILES string of the molecule is CCOC(=O)CS(=O)(=O)N(C/C=C/c1cccc(C(=N)N)c1)c1ccc(OC2CCN(C(C)=N)CC2)c(OC)c1. The fourth-order valence-corrected chi connectivity index (χ4v) is 5.59. The van der Waals surface area contributed by atoms with Crippen LogP contribution in [-0.4, -0.2) is 76.2 Å². The summed E-state index contributed by atoms with van der Waals surface area (Å²) in [4.78, 5) is 14.1. The van der Waals surface area contributed by atoms with E-state index in [4.69, 9.17) is 30.8 Å². The Bertz CT molecular complexity index is 1350. The molecule has 0 spiro atoms. The lowest BCUT2D eigenvalue weighted by molar-refractivity contribution is -0.139. The maximum atomic E-state index is 13.3. The quantitative estimate of drug-likeness (QED) is 0.199. The molecule has 1 saturated heterocycles. The molecule has 216 valence electrons. The van der Waals surface area contributed by atoms with Crippen molar-refractivity contribution in [3.63, 3.8) is 0 Å². The number of sulfonamides is 1. The molecule has 1 aliphatic heterocycles. The van der Waals surface area contributed by atoms with Crippen LogP contribution in [0.1, 0.15) is 37.8 Å². The number of nitrogens with one attached hydrogen (secondary N) is 2. The van der Waals surface area contributed by atoms with Gasteiger partial charge in [-0.05, 0) is 37.6 Å². The van der Waals surface area contributed by atoms with Crippen molar-refractivity contribution in [1.29, 1.82) is 10.8 Å². The number of likely N-dealkylation sites (tertiary alicyclic amines) is 1. The van der Waals surface area contributed by atoms with Crippen molar-refractivity contribution in [3.05, 3.63) is 59.7 Å². The number of carbonyl (C=O) groups excluding carboxylic acids is 1. The van der Waals surface area contributed by atoms with Crippen molar-refractivity contribution < 1.29 is 27.4 Å². The van der Waals surface area contributed by atoms with E-state index in [1.54, 1.807) is 62.4 Å². The molecule has 0 unspecified atom stereocenters. The standard InChI is InChI=1S/C28H37N5O6S/c1-4-38-27(34)19-40(35,36)33(14-6-8-21-7-5-9-22(17-21)28(30)31)23-10-11-25(26(18-23)37-3)39-24-12-15-32(16-13-24)20(2)29/h5-11,17-18,24,29H,4,12-16,19H2,1-3H3,(H3,30,31)/b8-6+,29-20?. The molecule has 12 heteroatoms. The molecule has 1 fully saturated rings. The largest absolute Gasteiger partial charge is 0.493 e. The predicted molar refractivity (Wildman–Crippen MR) is 156 cm³/mol. The fourth-order valence-electron chi connectivity index (χ4n) is 4.30. The number of ether oxygens (including phenoxy) is 3. The number of nitrogen functional groups attached to an aromatic ring is 1. The number of nitrogens with zero attached hydrogens (tertiary/aromatic N) is 2. The van der Waals surface area contributed by atoms with E-state index in [9.17, 15) is 13.2 Å². The van der Waals surface area contributed by atoms with Crippen LogP contribution < -0.4 is 19.5 Å². The summed E-state index contributed by atoms with van der Waals surface area (Å²) in [5.41, 5.74) is 7.16. The van der Waals surface area contributed by atoms with Crippen LogP contribution >= 0.6 is 0 Å². The number of carbonyl (C=O) groups is 1. The predicted octanol–water partition coefficient (Wildman–Crippen LogP) is 3.23. The minimum Gasteiger partial charge on any atom is -0.493 e. The molecule has 0 atom stereocenters. The van der Waals surface area contributed by atoms with E-state index in [1.165, 1.54) is 7.11 Å². The lowest BCUT2D eigenvalue weighted by Gasteiger charge is -2.33. The van der Waals surface area contributed by atoms with E-state index in [0.717, 1.165) is 35.8 Å². The Morgan fingerprint density at radius 3 is 2.50 bits per heavy atom. The Labute approximate surface area is 235 Å². The van der Waals surface area contributed by atoms with E-state index < -0.39 is 21.7 Å². The van der Waals surface area contributed by atoms with Gasteiger partial charge >= 0.3 is 5.97 Å². The van der Waals surface area contributed by atoms with E-state index in [0.29, 0.717) is 28.6 Å². The van der Waals surface area contributed by atoms with E-state index in [1.807, 2.05) is 11.0 Å². The molecule has 1 heterocycles. The van der Waals surface area contributed by atoms with Gasteiger partial charge in [-0.15, -0.1) is 0 Å². The van der Waals surface area contributed by atoms with Crippen LogP contribution in [0.25, 0.3) is 6.08 Å². The highest BCUT2D eigenvalue weighted by molar-refractivity contribution is 7.93. The smallest absolute Gasteiger partial charge is 0.323 e. The Balaban J connectivity index is 1.86. The third-order valence-electron chi connectivity index (χ3n) is 6.37. The number of amidine groups is 2. The minimum atomic E-state index is -4.12. The van der Waals surface area contributed by atoms with Crippen LogP contribution in [0.3, 0.4) is 0 Å². The summed E-state index contributed by atoms with van der Waals surface area (Å²) in [6.07, 6.45) is 4.80. The number of rotatable bonds is 12. The Morgan fingerprint density at radius 1 is 1.15 bits per heavy atom. The molecule has 4 N–H and O–H groups in total. The fraction of sp³-hybridized carbons (Fsp3) is 0.393. The van der Waals surface area contributed by atoms with Crippen LogP contribution in [0, 0.1) is 10.8 Å². The molecule has 0 aromatic heterocycles. The molecular weight excluding hydrogens is 534 g/mol. The van der Waals surface area contributed by atoms with E-state index >= 15 is 0 Å². The maximum absolute atomic E-state index is 13.3. The van der Waals surface area contributed by atoms with Crippen LogP contribution in [0.15, 0.2) is 48.5 Å². The number of benzene rings is 2. The topological polar surface area (TPSA) is 159 Å². The second-order valence-electron chi connectivity index (χ2n) is 9.26. The van der Waals surface area contributed by atoms with Gasteiger partial charge in [0.1, 0.15) is 11.9 Å². The summed E-state index contributed by atoms with van der Waals surface area (Å²) in [7, 11) is -2.64. The van der Waals surface area contributed by atoms with Crippen molar-refractivity contribution in [2.24, 2.45) is 5.73 Å². The number of methoxy groups -OCH3 is 1. The third-order valence-corrected chi connectivity index (χ3v) is 8.00. The zero-order valence-corrected chi connectivity index (χ0v) is 23.9. The number of anilines is 1. The molecule has 1 aliphatic rings. The highest BCUT2D eigenvalue weighted by atomic mass is 32.2. The first kappa shape index (κ1) is 30.5. The van der Waals surface area contributed by atoms with Gasteiger partial charge in [0.2, 0.25) is 10.0 Å². The van der Waals surface area contributed by atoms with Gasteiger partial charge in [0.15, 0.2) is 17.3 Å². The Hall–Kier alpha value is -4.06. The van der Waals surface area contributed by atoms with E-state index in [2.05, 4.69) is 0 Å². The lowest BCUT2D eigenvalue weighted by atomic mass is 10.1. The summed E-state index contributed by atoms with van der Waals surface area (Å²) in [6.45, 7) is 4.82. The first-order valence-electron chi connectivity index (χ1n) is 13.0. The Morgan fingerprint density at radius 2 is 1.88 bits per heavy atom. The summed E-state index contributed by atoms with van der Waals surface area (Å²) in [5.74, 6) is -0.360. The second-order valence-corrected chi connectivity index (χ2v) is 11.2. The highest BCUT2D eigenvalue weighted by Crippen LogP contribution is 2.34. The highest BCUT2D eigenvalue weighted by Gasteiger charge is 2.28. The number of nitrogens with two attached hydrogens (primary N) is 1. The van der Waals surface area contributed by atoms with Gasteiger partial charge in [0.25, 0.3) is 0 Å². The van der Waals surface area contributed by atoms with Crippen molar-refractivity contribution >= 4 is 39.4 Å². The molecule has 40 heavy (non-hydrogen) atoms. The second kappa shape index (κ2) is 13.8. The summed E-state index contributed by atoms with van der Waals surface area (Å²) in [5, 5.41) is 15.4. The van der Waals surface area contributed by atoms with E-state index in [-0.39, 0.29) is 25.1 Å². The van der Waals surface area contributed by atoms with Crippen molar-refractivity contribution in [1.82, 2.24) is 4.90 Å². The molecule has 2 aromatic carbocycles. The van der Waals surface area contributed by atoms with Gasteiger partial charge < -0.3 is 24.8 Å². The van der Waals surface area contributed by atoms with Crippen molar-refractivity contribution in [3.8, 4) is 11.5 Å². The summed E-state index contributed by atoms with van der Waals surface area (Å²) < 4.78 is 44.4. The van der Waals surface area contributed by atoms with Gasteiger partial charge in [0, 0.05) is 37.6 Å². The minimum absolute atomic E-state index is 0.0623. The van der Waals surface area contributed by atoms with Gasteiger partial charge in [0.05, 0.1) is 31.8 Å². The Kier molecular flexibility index (Phi) is 10.5. The third kappa shape index (κ3) is 8.22. The average molecular weight is 572 g/mol. The average Bonchev–Trinajstić information content (AvgIpc) is 2.91. The van der Waals surface area contributed by atoms with Crippen molar-refractivity contribution in [2.75, 3.05) is 43.4 Å². The number of hydrogen-bond donors (Lipinski definition) is 3. The first-order chi connectivity index (χ1) is 19.0. The maximum Gasteiger partial charge on any atom is 0.323 e. The van der Waals surface area contributed by atoms with Crippen LogP contribution in [0.2, 0.25) is 0 Å². The van der Waals surface area contributed by atoms with Crippen LogP contribution in [0.5, 0.6) is 11.5 Å². The summed E-state index contributed by atoms with van der Waals surface area (Å²) in [6, 6.07) is 11.8. The number of esters is 1. The van der Waals surface area contributed by atoms with Gasteiger partial charge in [-0.1, -0.05) is 30.4 Å². The molecule has 0 aliphatic carbocycles. The summed E-state index contributed by atoms with van der Waals surface area (Å²) >= 11 is 0. The van der Waals surface area contributed by atoms with Crippen molar-refractivity contribution in [2.45, 2.75) is 32.8 Å². The molecular formula is C28H37N5O6S. The molecule has 3 rings (SSSR count). The number of piperidine rings is 1. The molecule has 0 bridgehead atoms. The molecule has 2 aromatic rings. The molecule has 0 amide bonds. The normalized spacial score (nSPS) is 14.1. The van der Waals surface area contributed by atoms with Gasteiger partial charge in [-0.25, -0.2) is 8.42 Å². The van der Waals surface area contributed by atoms with Gasteiger partial charge in [-0.3, -0.25) is 19.9 Å². The van der Waals surface area contributed by atoms with Crippen LogP contribution in [-0.2, 0) is 19.6 Å². The number of hydrogen-bond acceptors (Lipinski definition) is 8. The molecule has 0 radical (unpaired) electrons. The monoisotopic (exact) mass is 571 g/mol. The lowest BCUT2D eigenvalue weighted by Crippen LogP contribution is -2.40. The first-order valence-corrected chi connectivity index (χ1v) is 14.6. The zero-order chi connectivity index (χ0) is 29.3. The van der Waals surface area contributed by atoms with Crippen LogP contribution in [0.4, 0.5) is 5.69 Å². The zero-order valence-electron chi connectivity index (χ0n) is 23.1.